The summed E-state index contributed by atoms with van der Waals surface area (Å²) in [6, 6.07) is 7.22. The van der Waals surface area contributed by atoms with Gasteiger partial charge in [-0.15, -0.1) is 11.3 Å². The van der Waals surface area contributed by atoms with Crippen molar-refractivity contribution in [1.29, 1.82) is 0 Å². The van der Waals surface area contributed by atoms with Gasteiger partial charge < -0.3 is 14.6 Å². The minimum atomic E-state index is -0.963. The molecule has 0 amide bonds. The van der Waals surface area contributed by atoms with Gasteiger partial charge in [0.1, 0.15) is 28.7 Å². The van der Waals surface area contributed by atoms with Gasteiger partial charge in [-0.1, -0.05) is 13.8 Å². The average Bonchev–Trinajstić information content (AvgIpc) is 2.91. The lowest BCUT2D eigenvalue weighted by atomic mass is 10.2. The third-order valence-electron chi connectivity index (χ3n) is 2.91. The van der Waals surface area contributed by atoms with Crippen LogP contribution in [-0.2, 0) is 6.61 Å². The molecule has 0 radical (unpaired) electrons. The Hall–Kier alpha value is -2.08. The molecular weight excluding hydrogens is 302 g/mol. The molecule has 0 bridgehead atoms. The monoisotopic (exact) mass is 321 g/mol. The number of carboxylic acids is 1. The predicted molar refractivity (Wildman–Crippen MR) is 85.1 cm³/mol. The molecule has 1 aromatic heterocycles. The zero-order chi connectivity index (χ0) is 16.1. The van der Waals surface area contributed by atoms with E-state index in [-0.39, 0.29) is 17.4 Å². The van der Waals surface area contributed by atoms with Crippen molar-refractivity contribution >= 4 is 17.3 Å². The van der Waals surface area contributed by atoms with E-state index in [1.165, 1.54) is 11.3 Å². The first-order chi connectivity index (χ1) is 10.5. The second kappa shape index (κ2) is 7.26. The third-order valence-corrected chi connectivity index (χ3v) is 4.30. The van der Waals surface area contributed by atoms with Crippen LogP contribution in [-0.4, -0.2) is 22.7 Å². The van der Waals surface area contributed by atoms with Crippen molar-refractivity contribution < 1.29 is 19.4 Å². The number of thiazole rings is 1. The normalized spacial score (nSPS) is 10.7. The SMILES string of the molecule is CCOc1ccc(OCc2nc(C(C)C)sc2C(=O)O)cc1. The Morgan fingerprint density at radius 2 is 1.82 bits per heavy atom. The van der Waals surface area contributed by atoms with Gasteiger partial charge in [-0.05, 0) is 31.2 Å². The molecule has 0 aliphatic carbocycles. The number of aromatic nitrogens is 1. The van der Waals surface area contributed by atoms with E-state index in [4.69, 9.17) is 9.47 Å². The third kappa shape index (κ3) is 3.98. The van der Waals surface area contributed by atoms with Crippen LogP contribution in [0.25, 0.3) is 0 Å². The van der Waals surface area contributed by atoms with E-state index in [1.54, 1.807) is 12.1 Å². The van der Waals surface area contributed by atoms with E-state index in [1.807, 2.05) is 32.9 Å². The maximum Gasteiger partial charge on any atom is 0.347 e. The zero-order valence-corrected chi connectivity index (χ0v) is 13.6. The summed E-state index contributed by atoms with van der Waals surface area (Å²) in [5.74, 6) is 0.660. The first-order valence-corrected chi connectivity index (χ1v) is 7.91. The van der Waals surface area contributed by atoms with E-state index in [9.17, 15) is 9.90 Å². The standard InChI is InChI=1S/C16H19NO4S/c1-4-20-11-5-7-12(8-6-11)21-9-13-14(16(18)19)22-15(17-13)10(2)3/h5-8,10H,4,9H2,1-3H3,(H,18,19). The van der Waals surface area contributed by atoms with E-state index in [0.717, 1.165) is 10.8 Å². The van der Waals surface area contributed by atoms with Gasteiger partial charge in [0.25, 0.3) is 0 Å². The van der Waals surface area contributed by atoms with Crippen LogP contribution in [0.3, 0.4) is 0 Å². The van der Waals surface area contributed by atoms with Gasteiger partial charge >= 0.3 is 5.97 Å². The molecule has 2 rings (SSSR count). The topological polar surface area (TPSA) is 68.7 Å². The smallest absolute Gasteiger partial charge is 0.347 e. The first-order valence-electron chi connectivity index (χ1n) is 7.09. The number of ether oxygens (including phenoxy) is 2. The molecule has 0 saturated heterocycles. The van der Waals surface area contributed by atoms with Crippen LogP contribution in [0, 0.1) is 0 Å². The Labute approximate surface area is 133 Å². The summed E-state index contributed by atoms with van der Waals surface area (Å²) < 4.78 is 11.0. The Morgan fingerprint density at radius 1 is 1.23 bits per heavy atom. The van der Waals surface area contributed by atoms with Gasteiger partial charge in [0, 0.05) is 5.92 Å². The number of carbonyl (C=O) groups is 1. The quantitative estimate of drug-likeness (QED) is 0.836. The van der Waals surface area contributed by atoms with Crippen LogP contribution >= 0.6 is 11.3 Å². The molecule has 0 aliphatic heterocycles. The largest absolute Gasteiger partial charge is 0.494 e. The Balaban J connectivity index is 2.08. The van der Waals surface area contributed by atoms with Crippen molar-refractivity contribution in [2.24, 2.45) is 0 Å². The van der Waals surface area contributed by atoms with Crippen molar-refractivity contribution in [3.05, 3.63) is 39.8 Å². The number of aromatic carboxylic acids is 1. The van der Waals surface area contributed by atoms with E-state index >= 15 is 0 Å². The molecule has 0 saturated carbocycles. The van der Waals surface area contributed by atoms with Gasteiger partial charge in [0.05, 0.1) is 11.6 Å². The number of rotatable bonds is 7. The van der Waals surface area contributed by atoms with Crippen molar-refractivity contribution in [2.75, 3.05) is 6.61 Å². The fourth-order valence-corrected chi connectivity index (χ4v) is 2.74. The van der Waals surface area contributed by atoms with Gasteiger partial charge in [-0.25, -0.2) is 9.78 Å². The summed E-state index contributed by atoms with van der Waals surface area (Å²) >= 11 is 1.21. The van der Waals surface area contributed by atoms with E-state index in [0.29, 0.717) is 18.1 Å². The van der Waals surface area contributed by atoms with Crippen LogP contribution in [0.1, 0.15) is 47.1 Å². The van der Waals surface area contributed by atoms with Gasteiger partial charge in [-0.2, -0.15) is 0 Å². The van der Waals surface area contributed by atoms with Crippen LogP contribution < -0.4 is 9.47 Å². The number of benzene rings is 1. The van der Waals surface area contributed by atoms with Crippen LogP contribution in [0.4, 0.5) is 0 Å². The molecule has 1 N–H and O–H groups in total. The lowest BCUT2D eigenvalue weighted by molar-refractivity contribution is 0.0699. The number of nitrogens with zero attached hydrogens (tertiary/aromatic N) is 1. The van der Waals surface area contributed by atoms with Crippen molar-refractivity contribution in [3.63, 3.8) is 0 Å². The molecule has 118 valence electrons. The molecule has 2 aromatic rings. The molecular formula is C16H19NO4S. The molecule has 0 aliphatic rings. The first kappa shape index (κ1) is 16.3. The molecule has 0 atom stereocenters. The predicted octanol–water partition coefficient (Wildman–Crippen LogP) is 3.94. The number of hydrogen-bond acceptors (Lipinski definition) is 5. The average molecular weight is 321 g/mol. The van der Waals surface area contributed by atoms with Crippen molar-refractivity contribution in [3.8, 4) is 11.5 Å². The fraction of sp³-hybridized carbons (Fsp3) is 0.375. The van der Waals surface area contributed by atoms with Crippen LogP contribution in [0.15, 0.2) is 24.3 Å². The fourth-order valence-electron chi connectivity index (χ4n) is 1.83. The lowest BCUT2D eigenvalue weighted by Gasteiger charge is -2.07. The molecule has 0 fully saturated rings. The molecule has 5 nitrogen and oxygen atoms in total. The highest BCUT2D eigenvalue weighted by molar-refractivity contribution is 7.13. The summed E-state index contributed by atoms with van der Waals surface area (Å²) in [5.41, 5.74) is 0.468. The van der Waals surface area contributed by atoms with E-state index in [2.05, 4.69) is 4.98 Å². The number of carboxylic acid groups (broad SMARTS) is 1. The van der Waals surface area contributed by atoms with Gasteiger partial charge in [0.2, 0.25) is 0 Å². The Bertz CT molecular complexity index is 634. The van der Waals surface area contributed by atoms with Crippen LogP contribution in [0.2, 0.25) is 0 Å². The lowest BCUT2D eigenvalue weighted by Crippen LogP contribution is -2.03. The molecule has 22 heavy (non-hydrogen) atoms. The Morgan fingerprint density at radius 3 is 2.32 bits per heavy atom. The van der Waals surface area contributed by atoms with Gasteiger partial charge in [-0.3, -0.25) is 0 Å². The summed E-state index contributed by atoms with van der Waals surface area (Å²) in [7, 11) is 0. The molecule has 0 spiro atoms. The maximum atomic E-state index is 11.3. The highest BCUT2D eigenvalue weighted by atomic mass is 32.1. The summed E-state index contributed by atoms with van der Waals surface area (Å²) in [5, 5.41) is 10.1. The van der Waals surface area contributed by atoms with Gasteiger partial charge in [0.15, 0.2) is 0 Å². The number of hydrogen-bond donors (Lipinski definition) is 1. The van der Waals surface area contributed by atoms with Crippen LogP contribution in [0.5, 0.6) is 11.5 Å². The van der Waals surface area contributed by atoms with E-state index < -0.39 is 5.97 Å². The minimum absolute atomic E-state index is 0.138. The molecule has 1 heterocycles. The summed E-state index contributed by atoms with van der Waals surface area (Å²) in [4.78, 5) is 15.9. The summed E-state index contributed by atoms with van der Waals surface area (Å²) in [6.07, 6.45) is 0. The maximum absolute atomic E-state index is 11.3. The second-order valence-corrected chi connectivity index (χ2v) is 6.01. The Kier molecular flexibility index (Phi) is 5.38. The minimum Gasteiger partial charge on any atom is -0.494 e. The zero-order valence-electron chi connectivity index (χ0n) is 12.8. The molecule has 0 unspecified atom stereocenters. The highest BCUT2D eigenvalue weighted by Crippen LogP contribution is 2.26. The molecule has 6 heteroatoms. The summed E-state index contributed by atoms with van der Waals surface area (Å²) in [6.45, 7) is 6.65. The second-order valence-electron chi connectivity index (χ2n) is 4.98. The molecule has 1 aromatic carbocycles. The van der Waals surface area contributed by atoms with Crippen molar-refractivity contribution in [2.45, 2.75) is 33.3 Å². The highest BCUT2D eigenvalue weighted by Gasteiger charge is 2.19. The van der Waals surface area contributed by atoms with Crippen molar-refractivity contribution in [1.82, 2.24) is 4.98 Å².